The standard InChI is InChI=1S/C32H33N3O5/c1-4-33-30(36)32(31(37)38)20-22(15-17-28-34(5-2)24-11-7-9-13-26(24)39-28)19-23(21-32)16-18-29-35(6-3)25-12-8-10-14-27(25)40-29/h7-19H,4-6,20-21H2,1-3H3,(H-,33,36,37,38)/p+1. The van der Waals surface area contributed by atoms with E-state index in [1.165, 1.54) is 0 Å². The van der Waals surface area contributed by atoms with Gasteiger partial charge in [0.05, 0.1) is 11.8 Å². The molecule has 1 unspecified atom stereocenters. The van der Waals surface area contributed by atoms with Gasteiger partial charge in [-0.1, -0.05) is 36.4 Å². The Kier molecular flexibility index (Phi) is 7.60. The van der Waals surface area contributed by atoms with Gasteiger partial charge in [0.2, 0.25) is 17.4 Å². The molecule has 1 aromatic heterocycles. The molecule has 2 aromatic carbocycles. The highest BCUT2D eigenvalue weighted by Crippen LogP contribution is 2.41. The summed E-state index contributed by atoms with van der Waals surface area (Å²) in [6.07, 6.45) is 9.46. The Hall–Kier alpha value is -4.59. The number of aliphatic carboxylic acids is 1. The van der Waals surface area contributed by atoms with Gasteiger partial charge >= 0.3 is 11.9 Å². The molecular formula is C32H34N3O5+. The van der Waals surface area contributed by atoms with E-state index in [9.17, 15) is 14.7 Å². The van der Waals surface area contributed by atoms with E-state index in [0.29, 0.717) is 31.4 Å². The highest BCUT2D eigenvalue weighted by molar-refractivity contribution is 6.03. The number of nitrogens with one attached hydrogen (secondary N) is 1. The van der Waals surface area contributed by atoms with E-state index >= 15 is 0 Å². The maximum absolute atomic E-state index is 13.2. The first-order valence-corrected chi connectivity index (χ1v) is 13.7. The second-order valence-corrected chi connectivity index (χ2v) is 9.87. The summed E-state index contributed by atoms with van der Waals surface area (Å²) in [6.45, 7) is 7.64. The molecule has 2 aliphatic rings. The van der Waals surface area contributed by atoms with Crippen LogP contribution in [-0.2, 0) is 16.1 Å². The van der Waals surface area contributed by atoms with Crippen molar-refractivity contribution in [1.29, 1.82) is 0 Å². The summed E-state index contributed by atoms with van der Waals surface area (Å²) in [5, 5.41) is 13.1. The number of hydrogen-bond acceptors (Lipinski definition) is 5. The molecule has 0 radical (unpaired) electrons. The number of benzene rings is 2. The number of aryl methyl sites for hydroxylation is 1. The van der Waals surface area contributed by atoms with Crippen molar-refractivity contribution in [3.05, 3.63) is 95.8 Å². The fourth-order valence-corrected chi connectivity index (χ4v) is 5.42. The van der Waals surface area contributed by atoms with E-state index in [2.05, 4.69) is 14.8 Å². The monoisotopic (exact) mass is 540 g/mol. The van der Waals surface area contributed by atoms with Gasteiger partial charge in [0.15, 0.2) is 11.2 Å². The number of rotatable bonds is 8. The molecular weight excluding hydrogens is 506 g/mol. The van der Waals surface area contributed by atoms with Crippen LogP contribution in [0.15, 0.2) is 94.3 Å². The van der Waals surface area contributed by atoms with Crippen molar-refractivity contribution >= 4 is 34.7 Å². The van der Waals surface area contributed by atoms with Crippen molar-refractivity contribution in [3.63, 3.8) is 0 Å². The van der Waals surface area contributed by atoms with Crippen molar-refractivity contribution in [2.75, 3.05) is 18.0 Å². The van der Waals surface area contributed by atoms with Gasteiger partial charge in [-0.05, 0) is 75.1 Å². The predicted octanol–water partition coefficient (Wildman–Crippen LogP) is 5.37. The molecule has 1 aliphatic heterocycles. The molecule has 0 fully saturated rings. The third kappa shape index (κ3) is 4.93. The van der Waals surface area contributed by atoms with Gasteiger partial charge in [0.25, 0.3) is 5.52 Å². The molecule has 1 atom stereocenters. The lowest BCUT2D eigenvalue weighted by atomic mass is 9.71. The molecule has 1 amide bonds. The molecule has 0 saturated carbocycles. The van der Waals surface area contributed by atoms with Crippen molar-refractivity contribution in [3.8, 4) is 5.75 Å². The lowest BCUT2D eigenvalue weighted by Crippen LogP contribution is -2.48. The number of aromatic nitrogens is 1. The largest absolute Gasteiger partial charge is 0.480 e. The SMILES string of the molecule is CCNC(=O)C1(C(=O)O)CC(=CC=C2Oc3ccccc3N2CC)C=C(C=Cc2oc3ccccc3[n+]2CC)C1. The van der Waals surface area contributed by atoms with Crippen molar-refractivity contribution in [2.24, 2.45) is 5.41 Å². The number of nitrogens with zero attached hydrogens (tertiary/aromatic N) is 2. The Labute approximate surface area is 233 Å². The van der Waals surface area contributed by atoms with Crippen molar-refractivity contribution < 1.29 is 28.4 Å². The number of anilines is 1. The molecule has 2 heterocycles. The summed E-state index contributed by atoms with van der Waals surface area (Å²) in [5.74, 6) is 0.430. The van der Waals surface area contributed by atoms with E-state index in [-0.39, 0.29) is 12.8 Å². The second-order valence-electron chi connectivity index (χ2n) is 9.87. The van der Waals surface area contributed by atoms with Gasteiger partial charge < -0.3 is 24.5 Å². The molecule has 0 spiro atoms. The quantitative estimate of drug-likeness (QED) is 0.295. The summed E-state index contributed by atoms with van der Waals surface area (Å²) in [7, 11) is 0. The normalized spacial score (nSPS) is 20.7. The molecule has 3 aromatic rings. The third-order valence-electron chi connectivity index (χ3n) is 7.35. The summed E-state index contributed by atoms with van der Waals surface area (Å²) in [4.78, 5) is 27.9. The molecule has 2 N–H and O–H groups in total. The smallest absolute Gasteiger partial charge is 0.374 e. The first-order valence-electron chi connectivity index (χ1n) is 13.7. The number of carboxylic acids is 1. The zero-order valence-corrected chi connectivity index (χ0v) is 23.0. The van der Waals surface area contributed by atoms with Crippen LogP contribution in [0.4, 0.5) is 5.69 Å². The van der Waals surface area contributed by atoms with Crippen LogP contribution >= 0.6 is 0 Å². The van der Waals surface area contributed by atoms with Crippen LogP contribution in [0.2, 0.25) is 0 Å². The Morgan fingerprint density at radius 1 is 1.05 bits per heavy atom. The minimum absolute atomic E-state index is 0.0635. The van der Waals surface area contributed by atoms with E-state index in [1.807, 2.05) is 92.8 Å². The number of hydrogen-bond donors (Lipinski definition) is 2. The maximum Gasteiger partial charge on any atom is 0.374 e. The Bertz CT molecular complexity index is 1580. The lowest BCUT2D eigenvalue weighted by molar-refractivity contribution is -0.674. The number of amides is 1. The highest BCUT2D eigenvalue weighted by Gasteiger charge is 2.48. The van der Waals surface area contributed by atoms with Gasteiger partial charge in [-0.2, -0.15) is 4.57 Å². The Morgan fingerprint density at radius 3 is 2.58 bits per heavy atom. The van der Waals surface area contributed by atoms with Crippen LogP contribution in [0.1, 0.15) is 39.5 Å². The van der Waals surface area contributed by atoms with Gasteiger partial charge in [-0.3, -0.25) is 9.59 Å². The summed E-state index contributed by atoms with van der Waals surface area (Å²) in [5.41, 5.74) is 2.54. The van der Waals surface area contributed by atoms with Crippen LogP contribution in [-0.4, -0.2) is 30.1 Å². The number of carbonyl (C=O) groups excluding carboxylic acids is 1. The van der Waals surface area contributed by atoms with Crippen LogP contribution in [0.3, 0.4) is 0 Å². The van der Waals surface area contributed by atoms with E-state index < -0.39 is 17.3 Å². The molecule has 0 bridgehead atoms. The third-order valence-corrected chi connectivity index (χ3v) is 7.35. The fraction of sp³-hybridized carbons (Fsp3) is 0.281. The number of carboxylic acid groups (broad SMARTS) is 1. The van der Waals surface area contributed by atoms with Gasteiger partial charge in [-0.25, -0.2) is 0 Å². The van der Waals surface area contributed by atoms with Gasteiger partial charge in [0.1, 0.15) is 6.54 Å². The topological polar surface area (TPSA) is 95.9 Å². The number of ether oxygens (including phenoxy) is 1. The summed E-state index contributed by atoms with van der Waals surface area (Å²) in [6, 6.07) is 15.6. The molecule has 0 saturated heterocycles. The fourth-order valence-electron chi connectivity index (χ4n) is 5.42. The average molecular weight is 541 g/mol. The maximum atomic E-state index is 13.2. The molecule has 40 heavy (non-hydrogen) atoms. The first-order chi connectivity index (χ1) is 19.4. The van der Waals surface area contributed by atoms with Crippen molar-refractivity contribution in [2.45, 2.75) is 40.2 Å². The minimum atomic E-state index is -1.63. The number of carbonyl (C=O) groups is 2. The zero-order chi connectivity index (χ0) is 28.3. The van der Waals surface area contributed by atoms with Crippen LogP contribution in [0.25, 0.3) is 17.2 Å². The van der Waals surface area contributed by atoms with Crippen LogP contribution in [0.5, 0.6) is 5.75 Å². The zero-order valence-electron chi connectivity index (χ0n) is 23.0. The van der Waals surface area contributed by atoms with E-state index in [0.717, 1.165) is 33.7 Å². The van der Waals surface area contributed by atoms with Crippen LogP contribution < -0.4 is 19.5 Å². The first kappa shape index (κ1) is 27.0. The van der Waals surface area contributed by atoms with E-state index in [4.69, 9.17) is 9.15 Å². The number of para-hydroxylation sites is 4. The van der Waals surface area contributed by atoms with E-state index in [1.54, 1.807) is 6.92 Å². The second kappa shape index (κ2) is 11.3. The Balaban J connectivity index is 1.54. The number of oxazole rings is 1. The summed E-state index contributed by atoms with van der Waals surface area (Å²) < 4.78 is 14.2. The molecule has 1 aliphatic carbocycles. The summed E-state index contributed by atoms with van der Waals surface area (Å²) >= 11 is 0. The van der Waals surface area contributed by atoms with Gasteiger partial charge in [0, 0.05) is 19.2 Å². The van der Waals surface area contributed by atoms with Crippen molar-refractivity contribution in [1.82, 2.24) is 5.32 Å². The number of allylic oxidation sites excluding steroid dienone is 6. The Morgan fingerprint density at radius 2 is 1.82 bits per heavy atom. The number of fused-ring (bicyclic) bond motifs is 2. The molecule has 8 nitrogen and oxygen atoms in total. The lowest BCUT2D eigenvalue weighted by Gasteiger charge is -2.32. The molecule has 5 rings (SSSR count). The highest BCUT2D eigenvalue weighted by atomic mass is 16.5. The van der Waals surface area contributed by atoms with Gasteiger partial charge in [-0.15, -0.1) is 0 Å². The minimum Gasteiger partial charge on any atom is -0.480 e. The van der Waals surface area contributed by atoms with Crippen LogP contribution in [0, 0.1) is 5.41 Å². The molecule has 206 valence electrons. The molecule has 8 heteroatoms. The average Bonchev–Trinajstić information content (AvgIpc) is 3.51. The predicted molar refractivity (Wildman–Crippen MR) is 153 cm³/mol.